The van der Waals surface area contributed by atoms with E-state index in [1.54, 1.807) is 12.1 Å². The minimum Gasteiger partial charge on any atom is -0.482 e. The van der Waals surface area contributed by atoms with Crippen LogP contribution in [0, 0.1) is 5.92 Å². The summed E-state index contributed by atoms with van der Waals surface area (Å²) in [6.07, 6.45) is 0.320. The first-order valence-corrected chi connectivity index (χ1v) is 6.51. The summed E-state index contributed by atoms with van der Waals surface area (Å²) in [6, 6.07) is 5.40. The van der Waals surface area contributed by atoms with Crippen molar-refractivity contribution in [1.82, 2.24) is 0 Å². The maximum atomic E-state index is 11.3. The lowest BCUT2D eigenvalue weighted by molar-refractivity contribution is -0.118. The van der Waals surface area contributed by atoms with Gasteiger partial charge in [0.1, 0.15) is 5.75 Å². The summed E-state index contributed by atoms with van der Waals surface area (Å²) in [4.78, 5) is 11.3. The third-order valence-electron chi connectivity index (χ3n) is 3.82. The molecule has 0 radical (unpaired) electrons. The van der Waals surface area contributed by atoms with Crippen LogP contribution in [0.25, 0.3) is 0 Å². The van der Waals surface area contributed by atoms with Crippen molar-refractivity contribution in [2.24, 2.45) is 5.92 Å². The first kappa shape index (κ1) is 12.4. The molecule has 102 valence electrons. The average molecular weight is 263 g/mol. The van der Waals surface area contributed by atoms with Gasteiger partial charge in [-0.25, -0.2) is 0 Å². The number of hydrogen-bond acceptors (Lipinski definition) is 4. The van der Waals surface area contributed by atoms with Gasteiger partial charge in [-0.15, -0.1) is 0 Å². The Balaban J connectivity index is 1.85. The number of benzene rings is 1. The van der Waals surface area contributed by atoms with Crippen molar-refractivity contribution in [1.29, 1.82) is 0 Å². The smallest absolute Gasteiger partial charge is 0.262 e. The van der Waals surface area contributed by atoms with E-state index in [1.165, 1.54) is 0 Å². The molecule has 2 N–H and O–H groups in total. The van der Waals surface area contributed by atoms with Gasteiger partial charge in [-0.1, -0.05) is 6.07 Å². The van der Waals surface area contributed by atoms with Crippen LogP contribution in [0.5, 0.6) is 5.75 Å². The molecule has 2 aliphatic heterocycles. The molecule has 3 unspecified atom stereocenters. The molecule has 5 heteroatoms. The normalized spacial score (nSPS) is 27.4. The Bertz CT molecular complexity index is 502. The average Bonchev–Trinajstić information content (AvgIpc) is 2.83. The van der Waals surface area contributed by atoms with Crippen molar-refractivity contribution < 1.29 is 19.4 Å². The maximum absolute atomic E-state index is 11.3. The molecular weight excluding hydrogens is 246 g/mol. The Morgan fingerprint density at radius 3 is 3.05 bits per heavy atom. The van der Waals surface area contributed by atoms with Crippen molar-refractivity contribution in [3.05, 3.63) is 23.8 Å². The summed E-state index contributed by atoms with van der Waals surface area (Å²) in [5, 5.41) is 13.2. The summed E-state index contributed by atoms with van der Waals surface area (Å²) in [7, 11) is 0. The quantitative estimate of drug-likeness (QED) is 0.848. The highest BCUT2D eigenvalue weighted by Crippen LogP contribution is 2.36. The van der Waals surface area contributed by atoms with E-state index in [0.717, 1.165) is 12.0 Å². The molecule has 3 rings (SSSR count). The second-order valence-corrected chi connectivity index (χ2v) is 5.07. The number of aliphatic hydroxyl groups is 1. The Morgan fingerprint density at radius 1 is 1.47 bits per heavy atom. The van der Waals surface area contributed by atoms with Gasteiger partial charge in [-0.2, -0.15) is 0 Å². The van der Waals surface area contributed by atoms with Crippen molar-refractivity contribution in [3.8, 4) is 5.75 Å². The highest BCUT2D eigenvalue weighted by Gasteiger charge is 2.32. The molecule has 1 amide bonds. The van der Waals surface area contributed by atoms with Gasteiger partial charge in [-0.05, 0) is 31.0 Å². The first-order chi connectivity index (χ1) is 9.15. The van der Waals surface area contributed by atoms with Crippen LogP contribution in [0.15, 0.2) is 18.2 Å². The molecule has 5 nitrogen and oxygen atoms in total. The highest BCUT2D eigenvalue weighted by atomic mass is 16.5. The Kier molecular flexibility index (Phi) is 3.16. The minimum atomic E-state index is -0.582. The van der Waals surface area contributed by atoms with Gasteiger partial charge in [0.25, 0.3) is 5.91 Å². The lowest BCUT2D eigenvalue weighted by Gasteiger charge is -2.24. The first-order valence-electron chi connectivity index (χ1n) is 6.51. The van der Waals surface area contributed by atoms with Gasteiger partial charge < -0.3 is 19.9 Å². The molecule has 1 fully saturated rings. The molecule has 2 aliphatic rings. The van der Waals surface area contributed by atoms with Crippen LogP contribution >= 0.6 is 0 Å². The van der Waals surface area contributed by atoms with Crippen LogP contribution in [0.4, 0.5) is 5.69 Å². The molecule has 1 aromatic carbocycles. The zero-order valence-corrected chi connectivity index (χ0v) is 10.8. The van der Waals surface area contributed by atoms with Crippen LogP contribution < -0.4 is 10.1 Å². The molecule has 0 bridgehead atoms. The lowest BCUT2D eigenvalue weighted by atomic mass is 9.90. The SMILES string of the molecule is CC1OCCC1C(O)c1ccc2c(c1)NC(=O)CO2. The molecule has 2 heterocycles. The van der Waals surface area contributed by atoms with E-state index in [1.807, 2.05) is 13.0 Å². The minimum absolute atomic E-state index is 0.0440. The fourth-order valence-corrected chi connectivity index (χ4v) is 2.69. The number of aliphatic hydroxyl groups excluding tert-OH is 1. The highest BCUT2D eigenvalue weighted by molar-refractivity contribution is 5.95. The van der Waals surface area contributed by atoms with Gasteiger partial charge in [-0.3, -0.25) is 4.79 Å². The predicted octanol–water partition coefficient (Wildman–Crippen LogP) is 1.48. The summed E-state index contributed by atoms with van der Waals surface area (Å²) in [5.74, 6) is 0.571. The summed E-state index contributed by atoms with van der Waals surface area (Å²) in [5.41, 5.74) is 1.41. The molecule has 1 saturated heterocycles. The lowest BCUT2D eigenvalue weighted by Crippen LogP contribution is -2.26. The fraction of sp³-hybridized carbons (Fsp3) is 0.500. The third kappa shape index (κ3) is 2.31. The van der Waals surface area contributed by atoms with Gasteiger partial charge in [0.2, 0.25) is 0 Å². The summed E-state index contributed by atoms with van der Waals surface area (Å²) >= 11 is 0. The molecule has 3 atom stereocenters. The van der Waals surface area contributed by atoms with E-state index in [-0.39, 0.29) is 24.5 Å². The zero-order valence-electron chi connectivity index (χ0n) is 10.8. The molecule has 19 heavy (non-hydrogen) atoms. The van der Waals surface area contributed by atoms with Crippen molar-refractivity contribution in [3.63, 3.8) is 0 Å². The van der Waals surface area contributed by atoms with Gasteiger partial charge in [0, 0.05) is 12.5 Å². The Hall–Kier alpha value is -1.59. The standard InChI is InChI=1S/C14H17NO4/c1-8-10(4-5-18-8)14(17)9-2-3-12-11(6-9)15-13(16)7-19-12/h2-3,6,8,10,14,17H,4-5,7H2,1H3,(H,15,16). The van der Waals surface area contributed by atoms with E-state index < -0.39 is 6.10 Å². The maximum Gasteiger partial charge on any atom is 0.262 e. The topological polar surface area (TPSA) is 67.8 Å². The van der Waals surface area contributed by atoms with Crippen molar-refractivity contribution >= 4 is 11.6 Å². The molecule has 0 aromatic heterocycles. The number of carbonyl (C=O) groups excluding carboxylic acids is 1. The molecule has 0 aliphatic carbocycles. The largest absolute Gasteiger partial charge is 0.482 e. The number of carbonyl (C=O) groups is 1. The second kappa shape index (κ2) is 4.83. The zero-order chi connectivity index (χ0) is 13.4. The van der Waals surface area contributed by atoms with E-state index in [9.17, 15) is 9.90 Å². The summed E-state index contributed by atoms with van der Waals surface area (Å²) < 4.78 is 10.8. The number of nitrogens with one attached hydrogen (secondary N) is 1. The fourth-order valence-electron chi connectivity index (χ4n) is 2.69. The van der Waals surface area contributed by atoms with Gasteiger partial charge >= 0.3 is 0 Å². The number of hydrogen-bond donors (Lipinski definition) is 2. The molecule has 1 aromatic rings. The summed E-state index contributed by atoms with van der Waals surface area (Å²) in [6.45, 7) is 2.71. The van der Waals surface area contributed by atoms with E-state index >= 15 is 0 Å². The van der Waals surface area contributed by atoms with Crippen LogP contribution in [0.3, 0.4) is 0 Å². The molecular formula is C14H17NO4. The number of rotatable bonds is 2. The molecule has 0 spiro atoms. The Morgan fingerprint density at radius 2 is 2.32 bits per heavy atom. The van der Waals surface area contributed by atoms with E-state index in [2.05, 4.69) is 5.32 Å². The monoisotopic (exact) mass is 263 g/mol. The van der Waals surface area contributed by atoms with Gasteiger partial charge in [0.05, 0.1) is 17.9 Å². The Labute approximate surface area is 111 Å². The number of fused-ring (bicyclic) bond motifs is 1. The number of ether oxygens (including phenoxy) is 2. The van der Waals surface area contributed by atoms with Crippen molar-refractivity contribution in [2.45, 2.75) is 25.6 Å². The van der Waals surface area contributed by atoms with Gasteiger partial charge in [0.15, 0.2) is 6.61 Å². The van der Waals surface area contributed by atoms with Crippen LogP contribution in [0.1, 0.15) is 25.0 Å². The van der Waals surface area contributed by atoms with Crippen LogP contribution in [0.2, 0.25) is 0 Å². The third-order valence-corrected chi connectivity index (χ3v) is 3.82. The predicted molar refractivity (Wildman–Crippen MR) is 69.0 cm³/mol. The number of anilines is 1. The van der Waals surface area contributed by atoms with Crippen molar-refractivity contribution in [2.75, 3.05) is 18.5 Å². The van der Waals surface area contributed by atoms with E-state index in [4.69, 9.17) is 9.47 Å². The van der Waals surface area contributed by atoms with E-state index in [0.29, 0.717) is 18.0 Å². The second-order valence-electron chi connectivity index (χ2n) is 5.07. The molecule has 0 saturated carbocycles. The van der Waals surface area contributed by atoms with Crippen LogP contribution in [-0.2, 0) is 9.53 Å². The number of amides is 1. The van der Waals surface area contributed by atoms with Crippen LogP contribution in [-0.4, -0.2) is 30.3 Å².